The zero-order chi connectivity index (χ0) is 11.3. The van der Waals surface area contributed by atoms with Gasteiger partial charge in [0.1, 0.15) is 5.82 Å². The van der Waals surface area contributed by atoms with Gasteiger partial charge < -0.3 is 5.32 Å². The standard InChI is InChI=1S/C12H17BrFN/c1-3-4-5-15-8-10-7-12(14)9(2)6-11(10)13/h6-7,15H,3-5,8H2,1-2H3. The number of halogens is 2. The fourth-order valence-electron chi connectivity index (χ4n) is 1.35. The normalized spacial score (nSPS) is 10.7. The average molecular weight is 274 g/mol. The molecule has 0 unspecified atom stereocenters. The summed E-state index contributed by atoms with van der Waals surface area (Å²) in [6, 6.07) is 3.42. The second-order valence-corrected chi connectivity index (χ2v) is 4.58. The maximum Gasteiger partial charge on any atom is 0.126 e. The van der Waals surface area contributed by atoms with Crippen molar-refractivity contribution < 1.29 is 4.39 Å². The van der Waals surface area contributed by atoms with E-state index < -0.39 is 0 Å². The predicted molar refractivity (Wildman–Crippen MR) is 65.5 cm³/mol. The molecule has 0 aliphatic carbocycles. The van der Waals surface area contributed by atoms with Crippen LogP contribution in [0.3, 0.4) is 0 Å². The third-order valence-electron chi connectivity index (χ3n) is 2.35. The molecule has 0 spiro atoms. The fraction of sp³-hybridized carbons (Fsp3) is 0.500. The lowest BCUT2D eigenvalue weighted by Gasteiger charge is -2.08. The largest absolute Gasteiger partial charge is 0.313 e. The van der Waals surface area contributed by atoms with Gasteiger partial charge in [-0.2, -0.15) is 0 Å². The van der Waals surface area contributed by atoms with Gasteiger partial charge in [0.05, 0.1) is 0 Å². The molecule has 0 heterocycles. The molecule has 0 amide bonds. The Kier molecular flexibility index (Phi) is 5.26. The number of rotatable bonds is 5. The van der Waals surface area contributed by atoms with E-state index in [0.717, 1.165) is 29.5 Å². The van der Waals surface area contributed by atoms with Crippen molar-refractivity contribution in [2.24, 2.45) is 0 Å². The van der Waals surface area contributed by atoms with Gasteiger partial charge in [-0.15, -0.1) is 0 Å². The molecule has 3 heteroatoms. The highest BCUT2D eigenvalue weighted by Gasteiger charge is 2.04. The fourth-order valence-corrected chi connectivity index (χ4v) is 1.95. The summed E-state index contributed by atoms with van der Waals surface area (Å²) in [7, 11) is 0. The molecule has 1 nitrogen and oxygen atoms in total. The molecule has 1 aromatic carbocycles. The minimum absolute atomic E-state index is 0.134. The molecular weight excluding hydrogens is 257 g/mol. The van der Waals surface area contributed by atoms with E-state index in [0.29, 0.717) is 5.56 Å². The van der Waals surface area contributed by atoms with Crippen LogP contribution in [0.4, 0.5) is 4.39 Å². The highest BCUT2D eigenvalue weighted by Crippen LogP contribution is 2.20. The van der Waals surface area contributed by atoms with Crippen LogP contribution in [0, 0.1) is 12.7 Å². The van der Waals surface area contributed by atoms with Gasteiger partial charge in [0, 0.05) is 11.0 Å². The van der Waals surface area contributed by atoms with Gasteiger partial charge in [0.2, 0.25) is 0 Å². The monoisotopic (exact) mass is 273 g/mol. The van der Waals surface area contributed by atoms with E-state index in [2.05, 4.69) is 28.2 Å². The van der Waals surface area contributed by atoms with E-state index in [4.69, 9.17) is 0 Å². The minimum atomic E-state index is -0.134. The Balaban J connectivity index is 2.57. The maximum absolute atomic E-state index is 13.3. The first kappa shape index (κ1) is 12.7. The van der Waals surface area contributed by atoms with E-state index in [-0.39, 0.29) is 5.82 Å². The van der Waals surface area contributed by atoms with E-state index in [1.165, 1.54) is 6.42 Å². The average Bonchev–Trinajstić information content (AvgIpc) is 2.20. The van der Waals surface area contributed by atoms with Gasteiger partial charge in [0.25, 0.3) is 0 Å². The van der Waals surface area contributed by atoms with Crippen LogP contribution in [-0.2, 0) is 6.54 Å². The zero-order valence-electron chi connectivity index (χ0n) is 9.24. The molecule has 0 bridgehead atoms. The first-order valence-corrected chi connectivity index (χ1v) is 6.09. The molecule has 0 aromatic heterocycles. The van der Waals surface area contributed by atoms with Crippen molar-refractivity contribution >= 4 is 15.9 Å². The molecule has 0 radical (unpaired) electrons. The lowest BCUT2D eigenvalue weighted by atomic mass is 10.1. The van der Waals surface area contributed by atoms with Gasteiger partial charge >= 0.3 is 0 Å². The molecule has 0 fully saturated rings. The molecule has 1 rings (SSSR count). The van der Waals surface area contributed by atoms with Crippen LogP contribution in [0.25, 0.3) is 0 Å². The van der Waals surface area contributed by atoms with Crippen LogP contribution in [-0.4, -0.2) is 6.54 Å². The van der Waals surface area contributed by atoms with E-state index in [1.54, 1.807) is 13.0 Å². The van der Waals surface area contributed by atoms with Crippen LogP contribution in [0.2, 0.25) is 0 Å². The Labute approximate surface area is 99.2 Å². The molecule has 0 aliphatic heterocycles. The van der Waals surface area contributed by atoms with Gasteiger partial charge in [-0.1, -0.05) is 29.3 Å². The van der Waals surface area contributed by atoms with Crippen molar-refractivity contribution in [3.8, 4) is 0 Å². The van der Waals surface area contributed by atoms with Crippen molar-refractivity contribution in [3.63, 3.8) is 0 Å². The van der Waals surface area contributed by atoms with Crippen LogP contribution < -0.4 is 5.32 Å². The van der Waals surface area contributed by atoms with Crippen molar-refractivity contribution in [1.29, 1.82) is 0 Å². The molecule has 0 atom stereocenters. The van der Waals surface area contributed by atoms with E-state index in [1.807, 2.05) is 6.07 Å². The van der Waals surface area contributed by atoms with E-state index >= 15 is 0 Å². The number of unbranched alkanes of at least 4 members (excludes halogenated alkanes) is 1. The first-order chi connectivity index (χ1) is 7.15. The summed E-state index contributed by atoms with van der Waals surface area (Å²) in [5, 5.41) is 3.29. The Morgan fingerprint density at radius 3 is 2.80 bits per heavy atom. The SMILES string of the molecule is CCCCNCc1cc(F)c(C)cc1Br. The van der Waals surface area contributed by atoms with Gasteiger partial charge in [-0.25, -0.2) is 4.39 Å². The second kappa shape index (κ2) is 6.23. The summed E-state index contributed by atoms with van der Waals surface area (Å²) in [5.41, 5.74) is 1.66. The zero-order valence-corrected chi connectivity index (χ0v) is 10.8. The van der Waals surface area contributed by atoms with Crippen molar-refractivity contribution in [3.05, 3.63) is 33.5 Å². The quantitative estimate of drug-likeness (QED) is 0.805. The Bertz CT molecular complexity index is 326. The Hall–Kier alpha value is -0.410. The lowest BCUT2D eigenvalue weighted by molar-refractivity contribution is 0.606. The van der Waals surface area contributed by atoms with Crippen molar-refractivity contribution in [2.45, 2.75) is 33.2 Å². The Morgan fingerprint density at radius 1 is 1.40 bits per heavy atom. The van der Waals surface area contributed by atoms with Crippen LogP contribution in [0.5, 0.6) is 0 Å². The third kappa shape index (κ3) is 3.92. The number of aryl methyl sites for hydroxylation is 1. The molecule has 1 aromatic rings. The molecule has 0 aliphatic rings. The summed E-state index contributed by atoms with van der Waals surface area (Å²) >= 11 is 3.44. The van der Waals surface area contributed by atoms with Crippen LogP contribution in [0.15, 0.2) is 16.6 Å². The number of hydrogen-bond donors (Lipinski definition) is 1. The summed E-state index contributed by atoms with van der Waals surface area (Å²) in [5.74, 6) is -0.134. The number of benzene rings is 1. The van der Waals surface area contributed by atoms with Crippen LogP contribution in [0.1, 0.15) is 30.9 Å². The smallest absolute Gasteiger partial charge is 0.126 e. The summed E-state index contributed by atoms with van der Waals surface area (Å²) in [6.07, 6.45) is 2.34. The molecule has 0 saturated carbocycles. The van der Waals surface area contributed by atoms with Gasteiger partial charge in [-0.05, 0) is 43.1 Å². The molecule has 15 heavy (non-hydrogen) atoms. The topological polar surface area (TPSA) is 12.0 Å². The highest BCUT2D eigenvalue weighted by atomic mass is 79.9. The Morgan fingerprint density at radius 2 is 2.13 bits per heavy atom. The lowest BCUT2D eigenvalue weighted by Crippen LogP contribution is -2.15. The van der Waals surface area contributed by atoms with E-state index in [9.17, 15) is 4.39 Å². The van der Waals surface area contributed by atoms with Crippen molar-refractivity contribution in [2.75, 3.05) is 6.54 Å². The predicted octanol–water partition coefficient (Wildman–Crippen LogP) is 3.79. The number of hydrogen-bond acceptors (Lipinski definition) is 1. The third-order valence-corrected chi connectivity index (χ3v) is 3.09. The second-order valence-electron chi connectivity index (χ2n) is 3.72. The number of nitrogens with one attached hydrogen (secondary N) is 1. The molecule has 84 valence electrons. The molecule has 0 saturated heterocycles. The van der Waals surface area contributed by atoms with Crippen LogP contribution >= 0.6 is 15.9 Å². The molecule has 1 N–H and O–H groups in total. The minimum Gasteiger partial charge on any atom is -0.313 e. The molecular formula is C12H17BrFN. The van der Waals surface area contributed by atoms with Gasteiger partial charge in [-0.3, -0.25) is 0 Å². The summed E-state index contributed by atoms with van der Waals surface area (Å²) in [4.78, 5) is 0. The summed E-state index contributed by atoms with van der Waals surface area (Å²) in [6.45, 7) is 5.63. The highest BCUT2D eigenvalue weighted by molar-refractivity contribution is 9.10. The van der Waals surface area contributed by atoms with Crippen molar-refractivity contribution in [1.82, 2.24) is 5.32 Å². The maximum atomic E-state index is 13.3. The van der Waals surface area contributed by atoms with Gasteiger partial charge in [0.15, 0.2) is 0 Å². The summed E-state index contributed by atoms with van der Waals surface area (Å²) < 4.78 is 14.3. The first-order valence-electron chi connectivity index (χ1n) is 5.30.